The molecule has 1 unspecified atom stereocenters. The second-order valence-corrected chi connectivity index (χ2v) is 10.2. The standard InChI is InChI=1S/C27H38N4O2S/c1-33-26-10-6-5-9-25(26)31-17-15-29(16-18-31)13-11-24(23-7-3-2-4-8-23)27(32)28-12-14-30-19-21-34-22-20-30/h2-10,24H,11-22H2,1H3,(H,28,32). The predicted octanol–water partition coefficient (Wildman–Crippen LogP) is 3.16. The zero-order chi connectivity index (χ0) is 23.6. The third-order valence-electron chi connectivity index (χ3n) is 6.88. The van der Waals surface area contributed by atoms with E-state index in [2.05, 4.69) is 44.3 Å². The molecule has 6 nitrogen and oxygen atoms in total. The lowest BCUT2D eigenvalue weighted by Crippen LogP contribution is -2.47. The summed E-state index contributed by atoms with van der Waals surface area (Å²) in [6.45, 7) is 8.78. The van der Waals surface area contributed by atoms with Crippen molar-refractivity contribution in [2.24, 2.45) is 0 Å². The van der Waals surface area contributed by atoms with Crippen LogP contribution in [0.5, 0.6) is 5.75 Å². The first-order chi connectivity index (χ1) is 16.7. The molecule has 2 aliphatic rings. The van der Waals surface area contributed by atoms with Gasteiger partial charge in [-0.15, -0.1) is 0 Å². The van der Waals surface area contributed by atoms with E-state index in [1.807, 2.05) is 42.1 Å². The zero-order valence-corrected chi connectivity index (χ0v) is 21.1. The van der Waals surface area contributed by atoms with Crippen molar-refractivity contribution in [2.45, 2.75) is 12.3 Å². The molecule has 1 N–H and O–H groups in total. The minimum Gasteiger partial charge on any atom is -0.495 e. The molecule has 4 rings (SSSR count). The molecule has 2 aromatic rings. The van der Waals surface area contributed by atoms with Crippen molar-refractivity contribution < 1.29 is 9.53 Å². The second-order valence-electron chi connectivity index (χ2n) is 9.00. The maximum atomic E-state index is 13.2. The molecule has 0 aromatic heterocycles. The lowest BCUT2D eigenvalue weighted by Gasteiger charge is -2.37. The van der Waals surface area contributed by atoms with E-state index in [-0.39, 0.29) is 11.8 Å². The Morgan fingerprint density at radius 3 is 2.32 bits per heavy atom. The Morgan fingerprint density at radius 1 is 0.912 bits per heavy atom. The topological polar surface area (TPSA) is 48.1 Å². The van der Waals surface area contributed by atoms with E-state index >= 15 is 0 Å². The summed E-state index contributed by atoms with van der Waals surface area (Å²) in [6.07, 6.45) is 0.838. The Balaban J connectivity index is 1.28. The van der Waals surface area contributed by atoms with Crippen LogP contribution in [-0.2, 0) is 4.79 Å². The van der Waals surface area contributed by atoms with Crippen molar-refractivity contribution in [3.05, 3.63) is 60.2 Å². The summed E-state index contributed by atoms with van der Waals surface area (Å²) in [5.41, 5.74) is 2.28. The van der Waals surface area contributed by atoms with E-state index in [4.69, 9.17) is 4.74 Å². The van der Waals surface area contributed by atoms with Gasteiger partial charge in [0.25, 0.3) is 0 Å². The molecule has 2 heterocycles. The molecule has 1 atom stereocenters. The number of para-hydroxylation sites is 2. The largest absolute Gasteiger partial charge is 0.495 e. The molecule has 0 saturated carbocycles. The quantitative estimate of drug-likeness (QED) is 0.562. The van der Waals surface area contributed by atoms with Gasteiger partial charge in [0.2, 0.25) is 5.91 Å². The van der Waals surface area contributed by atoms with Gasteiger partial charge in [0.05, 0.1) is 18.7 Å². The summed E-state index contributed by atoms with van der Waals surface area (Å²) in [4.78, 5) is 20.5. The maximum absolute atomic E-state index is 13.2. The van der Waals surface area contributed by atoms with Crippen LogP contribution in [0.2, 0.25) is 0 Å². The molecule has 184 valence electrons. The van der Waals surface area contributed by atoms with Crippen LogP contribution in [0.4, 0.5) is 5.69 Å². The van der Waals surface area contributed by atoms with Gasteiger partial charge >= 0.3 is 0 Å². The molecular formula is C27H38N4O2S. The number of hydrogen-bond donors (Lipinski definition) is 1. The Hall–Kier alpha value is -2.22. The summed E-state index contributed by atoms with van der Waals surface area (Å²) < 4.78 is 5.55. The van der Waals surface area contributed by atoms with Crippen LogP contribution in [0.1, 0.15) is 17.9 Å². The first kappa shape index (κ1) is 24.9. The molecular weight excluding hydrogens is 444 g/mol. The number of carbonyl (C=O) groups excluding carboxylic acids is 1. The number of piperazine rings is 1. The predicted molar refractivity (Wildman–Crippen MR) is 142 cm³/mol. The lowest BCUT2D eigenvalue weighted by atomic mass is 9.94. The smallest absolute Gasteiger partial charge is 0.227 e. The third kappa shape index (κ3) is 6.90. The Morgan fingerprint density at radius 2 is 1.59 bits per heavy atom. The van der Waals surface area contributed by atoms with Gasteiger partial charge < -0.3 is 15.0 Å². The third-order valence-corrected chi connectivity index (χ3v) is 7.82. The number of amides is 1. The number of hydrogen-bond acceptors (Lipinski definition) is 6. The van der Waals surface area contributed by atoms with Gasteiger partial charge in [-0.25, -0.2) is 0 Å². The summed E-state index contributed by atoms with van der Waals surface area (Å²) >= 11 is 2.02. The molecule has 2 saturated heterocycles. The summed E-state index contributed by atoms with van der Waals surface area (Å²) in [5.74, 6) is 3.38. The van der Waals surface area contributed by atoms with Crippen LogP contribution < -0.4 is 15.0 Å². The molecule has 0 spiro atoms. The molecule has 0 aliphatic carbocycles. The van der Waals surface area contributed by atoms with E-state index in [0.29, 0.717) is 0 Å². The number of anilines is 1. The highest BCUT2D eigenvalue weighted by Gasteiger charge is 2.24. The molecule has 34 heavy (non-hydrogen) atoms. The van der Waals surface area contributed by atoms with Crippen molar-refractivity contribution in [3.63, 3.8) is 0 Å². The highest BCUT2D eigenvalue weighted by Crippen LogP contribution is 2.28. The highest BCUT2D eigenvalue weighted by atomic mass is 32.2. The van der Waals surface area contributed by atoms with Gasteiger partial charge in [-0.05, 0) is 30.7 Å². The van der Waals surface area contributed by atoms with E-state index in [9.17, 15) is 4.79 Å². The van der Waals surface area contributed by atoms with Crippen molar-refractivity contribution >= 4 is 23.4 Å². The number of nitrogens with one attached hydrogen (secondary N) is 1. The van der Waals surface area contributed by atoms with E-state index < -0.39 is 0 Å². The van der Waals surface area contributed by atoms with Crippen LogP contribution in [0.25, 0.3) is 0 Å². The van der Waals surface area contributed by atoms with Crippen LogP contribution in [0, 0.1) is 0 Å². The van der Waals surface area contributed by atoms with Gasteiger partial charge in [0.15, 0.2) is 0 Å². The molecule has 1 amide bonds. The number of rotatable bonds is 10. The Kier molecular flexibility index (Phi) is 9.53. The summed E-state index contributed by atoms with van der Waals surface area (Å²) in [5, 5.41) is 3.23. The number of nitrogens with zero attached hydrogens (tertiary/aromatic N) is 3. The minimum atomic E-state index is -0.106. The van der Waals surface area contributed by atoms with E-state index in [1.54, 1.807) is 7.11 Å². The van der Waals surface area contributed by atoms with Crippen LogP contribution in [0.3, 0.4) is 0 Å². The Labute approximate surface area is 208 Å². The fourth-order valence-corrected chi connectivity index (χ4v) is 5.81. The average molecular weight is 483 g/mol. The Bertz CT molecular complexity index is 883. The molecule has 2 aliphatic heterocycles. The first-order valence-corrected chi connectivity index (χ1v) is 13.6. The monoisotopic (exact) mass is 482 g/mol. The van der Waals surface area contributed by atoms with Crippen molar-refractivity contribution in [2.75, 3.05) is 82.4 Å². The number of ether oxygens (including phenoxy) is 1. The van der Waals surface area contributed by atoms with Crippen molar-refractivity contribution in [3.8, 4) is 5.75 Å². The highest BCUT2D eigenvalue weighted by molar-refractivity contribution is 7.99. The number of thioether (sulfide) groups is 1. The first-order valence-electron chi connectivity index (χ1n) is 12.5. The van der Waals surface area contributed by atoms with Gasteiger partial charge in [0, 0.05) is 63.9 Å². The van der Waals surface area contributed by atoms with Gasteiger partial charge in [-0.3, -0.25) is 14.6 Å². The molecule has 7 heteroatoms. The second kappa shape index (κ2) is 13.0. The molecule has 0 bridgehead atoms. The normalized spacial score (nSPS) is 18.4. The van der Waals surface area contributed by atoms with Crippen molar-refractivity contribution in [1.29, 1.82) is 0 Å². The number of benzene rings is 2. The van der Waals surface area contributed by atoms with E-state index in [0.717, 1.165) is 76.6 Å². The number of carbonyl (C=O) groups is 1. The van der Waals surface area contributed by atoms with Crippen LogP contribution in [0.15, 0.2) is 54.6 Å². The SMILES string of the molecule is COc1ccccc1N1CCN(CCC(C(=O)NCCN2CCSCC2)c2ccccc2)CC1. The summed E-state index contributed by atoms with van der Waals surface area (Å²) in [7, 11) is 1.73. The molecule has 2 fully saturated rings. The van der Waals surface area contributed by atoms with Crippen LogP contribution >= 0.6 is 11.8 Å². The summed E-state index contributed by atoms with van der Waals surface area (Å²) in [6, 6.07) is 18.5. The van der Waals surface area contributed by atoms with Gasteiger partial charge in [-0.1, -0.05) is 42.5 Å². The van der Waals surface area contributed by atoms with E-state index in [1.165, 1.54) is 17.2 Å². The maximum Gasteiger partial charge on any atom is 0.227 e. The molecule has 0 radical (unpaired) electrons. The average Bonchev–Trinajstić information content (AvgIpc) is 2.90. The fraction of sp³-hybridized carbons (Fsp3) is 0.519. The number of methoxy groups -OCH3 is 1. The van der Waals surface area contributed by atoms with Gasteiger partial charge in [-0.2, -0.15) is 11.8 Å². The minimum absolute atomic E-state index is 0.106. The lowest BCUT2D eigenvalue weighted by molar-refractivity contribution is -0.122. The van der Waals surface area contributed by atoms with Crippen molar-refractivity contribution in [1.82, 2.24) is 15.1 Å². The fourth-order valence-electron chi connectivity index (χ4n) is 4.83. The molecule has 2 aromatic carbocycles. The van der Waals surface area contributed by atoms with Gasteiger partial charge in [0.1, 0.15) is 5.75 Å². The van der Waals surface area contributed by atoms with Crippen LogP contribution in [-0.4, -0.2) is 93.2 Å². The zero-order valence-electron chi connectivity index (χ0n) is 20.3.